The minimum atomic E-state index is 0.453. The topological polar surface area (TPSA) is 29.9 Å². The standard InChI is InChI=1S/C14H25N3S/c1-11(2)17-8-7-13(16-17)10-15-12-5-4-6-14(9-12)18-3/h7-8,11-12,14-15H,4-6,9-10H2,1-3H3. The second kappa shape index (κ2) is 6.62. The zero-order valence-electron chi connectivity index (χ0n) is 11.7. The van der Waals surface area contributed by atoms with Gasteiger partial charge in [0.25, 0.3) is 0 Å². The van der Waals surface area contributed by atoms with Gasteiger partial charge in [0.2, 0.25) is 0 Å². The Morgan fingerprint density at radius 3 is 3.00 bits per heavy atom. The molecule has 0 aliphatic heterocycles. The van der Waals surface area contributed by atoms with Crippen LogP contribution in [0.2, 0.25) is 0 Å². The highest BCUT2D eigenvalue weighted by atomic mass is 32.2. The number of aromatic nitrogens is 2. The van der Waals surface area contributed by atoms with E-state index in [1.807, 2.05) is 16.4 Å². The molecule has 0 aromatic carbocycles. The number of thioether (sulfide) groups is 1. The van der Waals surface area contributed by atoms with Crippen molar-refractivity contribution in [1.82, 2.24) is 15.1 Å². The predicted octanol–water partition coefficient (Wildman–Crippen LogP) is 3.23. The maximum atomic E-state index is 4.58. The molecule has 18 heavy (non-hydrogen) atoms. The van der Waals surface area contributed by atoms with E-state index in [-0.39, 0.29) is 0 Å². The van der Waals surface area contributed by atoms with Crippen molar-refractivity contribution in [3.05, 3.63) is 18.0 Å². The van der Waals surface area contributed by atoms with E-state index in [1.54, 1.807) is 0 Å². The molecule has 102 valence electrons. The molecule has 2 rings (SSSR count). The molecule has 1 aliphatic carbocycles. The van der Waals surface area contributed by atoms with Crippen LogP contribution in [0, 0.1) is 0 Å². The number of nitrogens with zero attached hydrogens (tertiary/aromatic N) is 2. The zero-order valence-corrected chi connectivity index (χ0v) is 12.5. The Kier molecular flexibility index (Phi) is 5.13. The number of nitrogens with one attached hydrogen (secondary N) is 1. The van der Waals surface area contributed by atoms with E-state index < -0.39 is 0 Å². The quantitative estimate of drug-likeness (QED) is 0.888. The van der Waals surface area contributed by atoms with Crippen LogP contribution in [0.4, 0.5) is 0 Å². The van der Waals surface area contributed by atoms with Crippen LogP contribution in [-0.2, 0) is 6.54 Å². The molecule has 3 nitrogen and oxygen atoms in total. The molecule has 0 bridgehead atoms. The molecule has 1 heterocycles. The van der Waals surface area contributed by atoms with Crippen LogP contribution in [0.5, 0.6) is 0 Å². The zero-order chi connectivity index (χ0) is 13.0. The van der Waals surface area contributed by atoms with Crippen molar-refractivity contribution in [3.8, 4) is 0 Å². The second-order valence-corrected chi connectivity index (χ2v) is 6.62. The van der Waals surface area contributed by atoms with Gasteiger partial charge in [0.15, 0.2) is 0 Å². The van der Waals surface area contributed by atoms with Crippen molar-refractivity contribution in [2.24, 2.45) is 0 Å². The van der Waals surface area contributed by atoms with Gasteiger partial charge in [-0.3, -0.25) is 4.68 Å². The summed E-state index contributed by atoms with van der Waals surface area (Å²) < 4.78 is 2.03. The summed E-state index contributed by atoms with van der Waals surface area (Å²) in [5.74, 6) is 0. The Bertz CT molecular complexity index is 362. The first kappa shape index (κ1) is 13.9. The minimum Gasteiger partial charge on any atom is -0.308 e. The van der Waals surface area contributed by atoms with Gasteiger partial charge in [-0.15, -0.1) is 0 Å². The molecule has 0 amide bonds. The SMILES string of the molecule is CSC1CCCC(NCc2ccn(C(C)C)n2)C1. The van der Waals surface area contributed by atoms with E-state index in [0.717, 1.165) is 17.5 Å². The van der Waals surface area contributed by atoms with Crippen LogP contribution in [0.25, 0.3) is 0 Å². The number of hydrogen-bond acceptors (Lipinski definition) is 3. The Hall–Kier alpha value is -0.480. The van der Waals surface area contributed by atoms with Crippen molar-refractivity contribution in [2.45, 2.75) is 63.4 Å². The first-order valence-electron chi connectivity index (χ1n) is 6.99. The van der Waals surface area contributed by atoms with E-state index in [9.17, 15) is 0 Å². The highest BCUT2D eigenvalue weighted by molar-refractivity contribution is 7.99. The lowest BCUT2D eigenvalue weighted by atomic mass is 9.95. The summed E-state index contributed by atoms with van der Waals surface area (Å²) in [5, 5.41) is 9.10. The van der Waals surface area contributed by atoms with Crippen molar-refractivity contribution >= 4 is 11.8 Å². The maximum absolute atomic E-state index is 4.58. The summed E-state index contributed by atoms with van der Waals surface area (Å²) in [4.78, 5) is 0. The highest BCUT2D eigenvalue weighted by Crippen LogP contribution is 2.26. The van der Waals surface area contributed by atoms with Crippen LogP contribution >= 0.6 is 11.8 Å². The van der Waals surface area contributed by atoms with Crippen molar-refractivity contribution in [3.63, 3.8) is 0 Å². The summed E-state index contributed by atoms with van der Waals surface area (Å²) in [7, 11) is 0. The third-order valence-corrected chi connectivity index (χ3v) is 4.82. The van der Waals surface area contributed by atoms with Crippen LogP contribution in [-0.4, -0.2) is 27.3 Å². The highest BCUT2D eigenvalue weighted by Gasteiger charge is 2.20. The Morgan fingerprint density at radius 2 is 2.33 bits per heavy atom. The fraction of sp³-hybridized carbons (Fsp3) is 0.786. The Labute approximate surface area is 115 Å². The van der Waals surface area contributed by atoms with Crippen molar-refractivity contribution in [2.75, 3.05) is 6.26 Å². The average molecular weight is 267 g/mol. The molecule has 1 aliphatic rings. The molecule has 1 saturated carbocycles. The number of rotatable bonds is 5. The van der Waals surface area contributed by atoms with Crippen molar-refractivity contribution in [1.29, 1.82) is 0 Å². The molecule has 4 heteroatoms. The summed E-state index contributed by atoms with van der Waals surface area (Å²) in [5.41, 5.74) is 1.16. The molecule has 1 fully saturated rings. The van der Waals surface area contributed by atoms with Gasteiger partial charge < -0.3 is 5.32 Å². The summed E-state index contributed by atoms with van der Waals surface area (Å²) in [6.45, 7) is 5.23. The molecule has 2 atom stereocenters. The van der Waals surface area contributed by atoms with Crippen LogP contribution < -0.4 is 5.32 Å². The summed E-state index contributed by atoms with van der Waals surface area (Å²) in [6.07, 6.45) is 9.70. The van der Waals surface area contributed by atoms with Gasteiger partial charge in [-0.05, 0) is 45.4 Å². The summed E-state index contributed by atoms with van der Waals surface area (Å²) >= 11 is 2.02. The Balaban J connectivity index is 1.79. The van der Waals surface area contributed by atoms with E-state index in [2.05, 4.69) is 42.8 Å². The lowest BCUT2D eigenvalue weighted by Crippen LogP contribution is -2.34. The second-order valence-electron chi connectivity index (χ2n) is 5.48. The molecule has 2 unspecified atom stereocenters. The molecule has 0 saturated heterocycles. The lowest BCUT2D eigenvalue weighted by molar-refractivity contribution is 0.377. The Morgan fingerprint density at radius 1 is 1.50 bits per heavy atom. The smallest absolute Gasteiger partial charge is 0.0762 e. The van der Waals surface area contributed by atoms with Gasteiger partial charge in [-0.1, -0.05) is 6.42 Å². The molecule has 0 radical (unpaired) electrons. The molecule has 0 spiro atoms. The normalized spacial score (nSPS) is 24.7. The van der Waals surface area contributed by atoms with E-state index in [4.69, 9.17) is 0 Å². The fourth-order valence-corrected chi connectivity index (χ4v) is 3.38. The molecular formula is C14H25N3S. The lowest BCUT2D eigenvalue weighted by Gasteiger charge is -2.28. The third kappa shape index (κ3) is 3.75. The van der Waals surface area contributed by atoms with Gasteiger partial charge in [0.05, 0.1) is 5.69 Å². The first-order valence-corrected chi connectivity index (χ1v) is 8.28. The molecule has 1 aromatic heterocycles. The van der Waals surface area contributed by atoms with Gasteiger partial charge in [-0.25, -0.2) is 0 Å². The molecule has 1 aromatic rings. The van der Waals surface area contributed by atoms with Crippen molar-refractivity contribution < 1.29 is 0 Å². The summed E-state index contributed by atoms with van der Waals surface area (Å²) in [6, 6.07) is 3.26. The van der Waals surface area contributed by atoms with Crippen LogP contribution in [0.3, 0.4) is 0 Å². The largest absolute Gasteiger partial charge is 0.308 e. The third-order valence-electron chi connectivity index (χ3n) is 3.72. The fourth-order valence-electron chi connectivity index (χ4n) is 2.55. The minimum absolute atomic E-state index is 0.453. The van der Waals surface area contributed by atoms with Crippen LogP contribution in [0.1, 0.15) is 51.3 Å². The monoisotopic (exact) mass is 267 g/mol. The predicted molar refractivity (Wildman–Crippen MR) is 79.0 cm³/mol. The first-order chi connectivity index (χ1) is 8.69. The number of hydrogen-bond donors (Lipinski definition) is 1. The van der Waals surface area contributed by atoms with E-state index >= 15 is 0 Å². The molecular weight excluding hydrogens is 242 g/mol. The van der Waals surface area contributed by atoms with Gasteiger partial charge >= 0.3 is 0 Å². The molecule has 1 N–H and O–H groups in total. The van der Waals surface area contributed by atoms with Gasteiger partial charge in [-0.2, -0.15) is 16.9 Å². The van der Waals surface area contributed by atoms with E-state index in [0.29, 0.717) is 12.1 Å². The van der Waals surface area contributed by atoms with Gasteiger partial charge in [0, 0.05) is 30.1 Å². The van der Waals surface area contributed by atoms with Crippen LogP contribution in [0.15, 0.2) is 12.3 Å². The van der Waals surface area contributed by atoms with Gasteiger partial charge in [0.1, 0.15) is 0 Å². The van der Waals surface area contributed by atoms with E-state index in [1.165, 1.54) is 25.7 Å². The maximum Gasteiger partial charge on any atom is 0.0762 e. The average Bonchev–Trinajstić information content (AvgIpc) is 2.85.